The first-order valence-corrected chi connectivity index (χ1v) is 8.02. The van der Waals surface area contributed by atoms with Gasteiger partial charge >= 0.3 is 0 Å². The average molecular weight is 295 g/mol. The van der Waals surface area contributed by atoms with E-state index in [0.717, 1.165) is 31.4 Å². The summed E-state index contributed by atoms with van der Waals surface area (Å²) in [5, 5.41) is 4.98. The van der Waals surface area contributed by atoms with Crippen molar-refractivity contribution in [1.82, 2.24) is 9.78 Å². The molecule has 1 amide bonds. The van der Waals surface area contributed by atoms with Crippen molar-refractivity contribution in [3.8, 4) is 5.69 Å². The molecule has 114 valence electrons. The van der Waals surface area contributed by atoms with E-state index in [1.807, 2.05) is 42.6 Å². The smallest absolute Gasteiger partial charge is 0.249 e. The van der Waals surface area contributed by atoms with Gasteiger partial charge in [-0.25, -0.2) is 9.67 Å². The number of hydrogen-bond donors (Lipinski definition) is 0. The minimum Gasteiger partial charge on any atom is -0.272 e. The summed E-state index contributed by atoms with van der Waals surface area (Å²) in [5.74, 6) is 0.116. The predicted octanol–water partition coefficient (Wildman–Crippen LogP) is 3.27. The molecule has 1 fully saturated rings. The Morgan fingerprint density at radius 1 is 1.05 bits per heavy atom. The molecule has 1 aromatic carbocycles. The number of nitrogens with zero attached hydrogens (tertiary/aromatic N) is 3. The van der Waals surface area contributed by atoms with E-state index in [9.17, 15) is 4.79 Å². The van der Waals surface area contributed by atoms with E-state index in [-0.39, 0.29) is 11.8 Å². The largest absolute Gasteiger partial charge is 0.272 e. The van der Waals surface area contributed by atoms with Crippen LogP contribution in [-0.2, 0) is 4.79 Å². The Morgan fingerprint density at radius 2 is 1.77 bits per heavy atom. The summed E-state index contributed by atoms with van der Waals surface area (Å²) in [6.45, 7) is 0. The zero-order valence-electron chi connectivity index (χ0n) is 12.7. The first-order chi connectivity index (χ1) is 10.8. The summed E-state index contributed by atoms with van der Waals surface area (Å²) in [6.07, 6.45) is 10.2. The van der Waals surface area contributed by atoms with E-state index in [0.29, 0.717) is 5.36 Å². The normalized spacial score (nSPS) is 17.2. The molecule has 2 aromatic rings. The molecule has 0 atom stereocenters. The summed E-state index contributed by atoms with van der Waals surface area (Å²) in [7, 11) is 0. The molecule has 0 saturated heterocycles. The average Bonchev–Trinajstić information content (AvgIpc) is 2.86. The van der Waals surface area contributed by atoms with Gasteiger partial charge in [0.05, 0.1) is 17.2 Å². The van der Waals surface area contributed by atoms with Gasteiger partial charge in [-0.05, 0) is 31.0 Å². The van der Waals surface area contributed by atoms with Crippen LogP contribution in [0.25, 0.3) is 5.69 Å². The molecule has 1 aromatic heterocycles. The Kier molecular flexibility index (Phi) is 4.78. The monoisotopic (exact) mass is 295 g/mol. The minimum atomic E-state index is 0.0150. The predicted molar refractivity (Wildman–Crippen MR) is 85.3 cm³/mol. The highest BCUT2D eigenvalue weighted by atomic mass is 16.1. The molecular weight excluding hydrogens is 274 g/mol. The van der Waals surface area contributed by atoms with E-state index in [1.165, 1.54) is 12.8 Å². The third kappa shape index (κ3) is 3.70. The number of carbonyl (C=O) groups is 1. The van der Waals surface area contributed by atoms with Crippen LogP contribution in [0.3, 0.4) is 0 Å². The van der Waals surface area contributed by atoms with E-state index in [4.69, 9.17) is 0 Å². The second kappa shape index (κ2) is 7.16. The molecular formula is C18H21N3O. The summed E-state index contributed by atoms with van der Waals surface area (Å²) >= 11 is 0. The first-order valence-electron chi connectivity index (χ1n) is 8.02. The number of para-hydroxylation sites is 1. The topological polar surface area (TPSA) is 47.2 Å². The molecule has 1 heterocycles. The SMILES string of the molecule is O=C(/N=c1\ccn(-c2ccccc2)nc1)C1CCCCCC1. The maximum Gasteiger partial charge on any atom is 0.249 e. The number of rotatable bonds is 2. The van der Waals surface area contributed by atoms with Crippen LogP contribution in [0, 0.1) is 5.92 Å². The molecule has 0 bridgehead atoms. The van der Waals surface area contributed by atoms with E-state index in [1.54, 1.807) is 10.9 Å². The molecule has 3 rings (SSSR count). The van der Waals surface area contributed by atoms with Gasteiger partial charge in [0.15, 0.2) is 0 Å². The van der Waals surface area contributed by atoms with Gasteiger partial charge in [0, 0.05) is 12.1 Å². The van der Waals surface area contributed by atoms with Gasteiger partial charge in [-0.3, -0.25) is 4.79 Å². The second-order valence-corrected chi connectivity index (χ2v) is 5.80. The summed E-state index contributed by atoms with van der Waals surface area (Å²) in [4.78, 5) is 16.5. The van der Waals surface area contributed by atoms with Crippen molar-refractivity contribution >= 4 is 5.91 Å². The van der Waals surface area contributed by atoms with Crippen LogP contribution in [0.15, 0.2) is 53.8 Å². The lowest BCUT2D eigenvalue weighted by molar-refractivity contribution is -0.122. The molecule has 0 N–H and O–H groups in total. The fraction of sp³-hybridized carbons (Fsp3) is 0.389. The van der Waals surface area contributed by atoms with Gasteiger partial charge in [-0.2, -0.15) is 5.10 Å². The molecule has 4 heteroatoms. The third-order valence-corrected chi connectivity index (χ3v) is 4.17. The maximum atomic E-state index is 12.3. The van der Waals surface area contributed by atoms with Crippen LogP contribution in [0.1, 0.15) is 38.5 Å². The summed E-state index contributed by atoms with van der Waals surface area (Å²) < 4.78 is 1.77. The highest BCUT2D eigenvalue weighted by Crippen LogP contribution is 2.23. The van der Waals surface area contributed by atoms with Crippen LogP contribution >= 0.6 is 0 Å². The molecule has 1 saturated carbocycles. The van der Waals surface area contributed by atoms with Crippen LogP contribution in [0.4, 0.5) is 0 Å². The lowest BCUT2D eigenvalue weighted by atomic mass is 10.00. The maximum absolute atomic E-state index is 12.3. The van der Waals surface area contributed by atoms with Crippen LogP contribution < -0.4 is 5.36 Å². The van der Waals surface area contributed by atoms with Gasteiger partial charge in [-0.15, -0.1) is 0 Å². The lowest BCUT2D eigenvalue weighted by Gasteiger charge is -2.08. The van der Waals surface area contributed by atoms with Crippen molar-refractivity contribution in [3.05, 3.63) is 54.1 Å². The zero-order chi connectivity index (χ0) is 15.2. The van der Waals surface area contributed by atoms with Gasteiger partial charge in [0.1, 0.15) is 0 Å². The third-order valence-electron chi connectivity index (χ3n) is 4.17. The van der Waals surface area contributed by atoms with Gasteiger partial charge < -0.3 is 0 Å². The molecule has 0 unspecified atom stereocenters. The Morgan fingerprint density at radius 3 is 2.41 bits per heavy atom. The van der Waals surface area contributed by atoms with Crippen molar-refractivity contribution in [2.45, 2.75) is 38.5 Å². The van der Waals surface area contributed by atoms with Gasteiger partial charge in [0.25, 0.3) is 0 Å². The number of carbonyl (C=O) groups excluding carboxylic acids is 1. The minimum absolute atomic E-state index is 0.0150. The van der Waals surface area contributed by atoms with E-state index in [2.05, 4.69) is 10.1 Å². The number of aromatic nitrogens is 2. The van der Waals surface area contributed by atoms with Crippen molar-refractivity contribution in [2.75, 3.05) is 0 Å². The highest BCUT2D eigenvalue weighted by Gasteiger charge is 2.19. The Balaban J connectivity index is 1.75. The molecule has 0 spiro atoms. The number of amides is 1. The van der Waals surface area contributed by atoms with Crippen molar-refractivity contribution in [1.29, 1.82) is 0 Å². The van der Waals surface area contributed by atoms with Crippen molar-refractivity contribution < 1.29 is 4.79 Å². The Bertz CT molecular complexity index is 662. The Labute approximate surface area is 130 Å². The molecule has 0 aliphatic heterocycles. The second-order valence-electron chi connectivity index (χ2n) is 5.80. The lowest BCUT2D eigenvalue weighted by Crippen LogP contribution is -2.17. The molecule has 4 nitrogen and oxygen atoms in total. The summed E-state index contributed by atoms with van der Waals surface area (Å²) in [6, 6.07) is 11.7. The number of hydrogen-bond acceptors (Lipinski definition) is 2. The first kappa shape index (κ1) is 14.7. The molecule has 1 aliphatic carbocycles. The fourth-order valence-electron chi connectivity index (χ4n) is 2.89. The fourth-order valence-corrected chi connectivity index (χ4v) is 2.89. The van der Waals surface area contributed by atoms with Crippen LogP contribution in [0.2, 0.25) is 0 Å². The molecule has 22 heavy (non-hydrogen) atoms. The van der Waals surface area contributed by atoms with E-state index >= 15 is 0 Å². The van der Waals surface area contributed by atoms with Crippen molar-refractivity contribution in [3.63, 3.8) is 0 Å². The van der Waals surface area contributed by atoms with Gasteiger partial charge in [0.2, 0.25) is 5.91 Å². The van der Waals surface area contributed by atoms with Crippen LogP contribution in [0.5, 0.6) is 0 Å². The standard InChI is InChI=1S/C18H21N3O/c22-18(15-8-4-1-2-5-9-15)20-16-12-13-21(19-14-16)17-10-6-3-7-11-17/h3,6-7,10-15H,1-2,4-5,8-9H2/b20-16+. The molecule has 0 radical (unpaired) electrons. The highest BCUT2D eigenvalue weighted by molar-refractivity contribution is 5.79. The van der Waals surface area contributed by atoms with Crippen LogP contribution in [-0.4, -0.2) is 15.7 Å². The van der Waals surface area contributed by atoms with E-state index < -0.39 is 0 Å². The van der Waals surface area contributed by atoms with Gasteiger partial charge in [-0.1, -0.05) is 43.9 Å². The quantitative estimate of drug-likeness (QED) is 0.798. The van der Waals surface area contributed by atoms with Crippen molar-refractivity contribution in [2.24, 2.45) is 10.9 Å². The summed E-state index contributed by atoms with van der Waals surface area (Å²) in [5.41, 5.74) is 0.990. The number of benzene rings is 1. The Hall–Kier alpha value is -2.23. The molecule has 1 aliphatic rings. The zero-order valence-corrected chi connectivity index (χ0v) is 12.7.